The van der Waals surface area contributed by atoms with Gasteiger partial charge in [-0.1, -0.05) is 12.8 Å². The molecule has 0 aliphatic heterocycles. The summed E-state index contributed by atoms with van der Waals surface area (Å²) in [7, 11) is 0. The van der Waals surface area contributed by atoms with Crippen LogP contribution in [0.2, 0.25) is 0 Å². The fraction of sp³-hybridized carbons (Fsp3) is 0.571. The Morgan fingerprint density at radius 1 is 1.11 bits per heavy atom. The molecule has 5 heteroatoms. The summed E-state index contributed by atoms with van der Waals surface area (Å²) in [5.74, 6) is 0.401. The van der Waals surface area contributed by atoms with Crippen LogP contribution in [-0.2, 0) is 6.18 Å². The molecule has 0 amide bonds. The highest BCUT2D eigenvalue weighted by atomic mass is 35.5. The van der Waals surface area contributed by atoms with E-state index in [2.05, 4.69) is 5.32 Å². The van der Waals surface area contributed by atoms with Gasteiger partial charge in [-0.25, -0.2) is 0 Å². The van der Waals surface area contributed by atoms with Crippen LogP contribution in [0.4, 0.5) is 18.9 Å². The second-order valence-corrected chi connectivity index (χ2v) is 5.58. The zero-order chi connectivity index (χ0) is 13.9. The maximum absolute atomic E-state index is 12.4. The Morgan fingerprint density at radius 2 is 1.74 bits per heavy atom. The molecule has 1 fully saturated rings. The van der Waals surface area contributed by atoms with E-state index in [-0.39, 0.29) is 5.38 Å². The van der Waals surface area contributed by atoms with Gasteiger partial charge in [-0.2, -0.15) is 13.2 Å². The highest BCUT2D eigenvalue weighted by Crippen LogP contribution is 2.31. The van der Waals surface area contributed by atoms with Crippen LogP contribution in [0.3, 0.4) is 0 Å². The van der Waals surface area contributed by atoms with E-state index in [1.807, 2.05) is 0 Å². The molecule has 1 N–H and O–H groups in total. The van der Waals surface area contributed by atoms with E-state index in [1.165, 1.54) is 25.0 Å². The van der Waals surface area contributed by atoms with Crippen LogP contribution in [0.25, 0.3) is 0 Å². The molecule has 1 aliphatic rings. The summed E-state index contributed by atoms with van der Waals surface area (Å²) in [6.45, 7) is 0.722. The first-order chi connectivity index (χ1) is 8.97. The molecule has 2 atom stereocenters. The molecule has 0 bridgehead atoms. The molecule has 1 nitrogen and oxygen atoms in total. The number of alkyl halides is 4. The van der Waals surface area contributed by atoms with Gasteiger partial charge in [0, 0.05) is 17.6 Å². The zero-order valence-corrected chi connectivity index (χ0v) is 11.3. The molecule has 1 aromatic carbocycles. The molecule has 2 rings (SSSR count). The van der Waals surface area contributed by atoms with E-state index >= 15 is 0 Å². The molecule has 19 heavy (non-hydrogen) atoms. The van der Waals surface area contributed by atoms with Crippen molar-refractivity contribution in [1.82, 2.24) is 0 Å². The highest BCUT2D eigenvalue weighted by molar-refractivity contribution is 6.20. The lowest BCUT2D eigenvalue weighted by atomic mass is 9.88. The molecule has 1 aliphatic carbocycles. The predicted octanol–water partition coefficient (Wildman–Crippen LogP) is 4.91. The lowest BCUT2D eigenvalue weighted by Gasteiger charge is -2.27. The standard InChI is InChI=1S/C14H17ClF3N/c15-13-4-2-1-3-10(13)9-19-12-7-5-11(6-8-12)14(16,17)18/h5-8,10,13,19H,1-4,9H2. The Morgan fingerprint density at radius 3 is 2.32 bits per heavy atom. The van der Waals surface area contributed by atoms with Gasteiger partial charge in [0.05, 0.1) is 5.56 Å². The molecule has 1 saturated carbocycles. The predicted molar refractivity (Wildman–Crippen MR) is 71.5 cm³/mol. The minimum atomic E-state index is -4.27. The molecule has 0 saturated heterocycles. The average Bonchev–Trinajstić information content (AvgIpc) is 2.37. The van der Waals surface area contributed by atoms with Crippen LogP contribution in [-0.4, -0.2) is 11.9 Å². The number of nitrogens with one attached hydrogen (secondary N) is 1. The third-order valence-electron chi connectivity index (χ3n) is 3.60. The van der Waals surface area contributed by atoms with Crippen LogP contribution in [0.5, 0.6) is 0 Å². The van der Waals surface area contributed by atoms with Crippen molar-refractivity contribution in [2.24, 2.45) is 5.92 Å². The first-order valence-corrected chi connectivity index (χ1v) is 6.95. The van der Waals surface area contributed by atoms with Gasteiger partial charge in [-0.3, -0.25) is 0 Å². The molecule has 106 valence electrons. The molecular formula is C14H17ClF3N. The molecule has 0 radical (unpaired) electrons. The monoisotopic (exact) mass is 291 g/mol. The van der Waals surface area contributed by atoms with Crippen molar-refractivity contribution in [2.45, 2.75) is 37.2 Å². The van der Waals surface area contributed by atoms with Gasteiger partial charge >= 0.3 is 6.18 Å². The lowest BCUT2D eigenvalue weighted by Crippen LogP contribution is -2.26. The van der Waals surface area contributed by atoms with Gasteiger partial charge in [0.1, 0.15) is 0 Å². The quantitative estimate of drug-likeness (QED) is 0.780. The van der Waals surface area contributed by atoms with Gasteiger partial charge < -0.3 is 5.32 Å². The molecule has 1 aromatic rings. The first kappa shape index (κ1) is 14.5. The van der Waals surface area contributed by atoms with E-state index in [9.17, 15) is 13.2 Å². The second kappa shape index (κ2) is 6.04. The van der Waals surface area contributed by atoms with Crippen LogP contribution < -0.4 is 5.32 Å². The summed E-state index contributed by atoms with van der Waals surface area (Å²) in [4.78, 5) is 0. The summed E-state index contributed by atoms with van der Waals surface area (Å²) in [5.41, 5.74) is 0.0911. The van der Waals surface area contributed by atoms with Crippen LogP contribution in [0.1, 0.15) is 31.2 Å². The van der Waals surface area contributed by atoms with Crippen molar-refractivity contribution in [3.63, 3.8) is 0 Å². The van der Waals surface area contributed by atoms with Crippen LogP contribution >= 0.6 is 11.6 Å². The van der Waals surface area contributed by atoms with Crippen molar-refractivity contribution in [1.29, 1.82) is 0 Å². The number of hydrogen-bond donors (Lipinski definition) is 1. The van der Waals surface area contributed by atoms with Gasteiger partial charge in [0.25, 0.3) is 0 Å². The largest absolute Gasteiger partial charge is 0.416 e. The molecule has 0 heterocycles. The van der Waals surface area contributed by atoms with E-state index in [0.717, 1.165) is 31.5 Å². The van der Waals surface area contributed by atoms with Gasteiger partial charge in [0.2, 0.25) is 0 Å². The lowest BCUT2D eigenvalue weighted by molar-refractivity contribution is -0.137. The number of halogens is 4. The highest BCUT2D eigenvalue weighted by Gasteiger charge is 2.30. The van der Waals surface area contributed by atoms with E-state index in [4.69, 9.17) is 11.6 Å². The minimum absolute atomic E-state index is 0.177. The molecule has 2 unspecified atom stereocenters. The number of anilines is 1. The van der Waals surface area contributed by atoms with Crippen molar-refractivity contribution in [3.05, 3.63) is 29.8 Å². The van der Waals surface area contributed by atoms with Gasteiger partial charge in [0.15, 0.2) is 0 Å². The smallest absolute Gasteiger partial charge is 0.385 e. The Bertz CT molecular complexity index is 402. The minimum Gasteiger partial charge on any atom is -0.385 e. The average molecular weight is 292 g/mol. The zero-order valence-electron chi connectivity index (χ0n) is 10.5. The third-order valence-corrected chi connectivity index (χ3v) is 4.17. The van der Waals surface area contributed by atoms with Crippen molar-refractivity contribution >= 4 is 17.3 Å². The number of hydrogen-bond acceptors (Lipinski definition) is 1. The van der Waals surface area contributed by atoms with Gasteiger partial charge in [-0.15, -0.1) is 11.6 Å². The van der Waals surface area contributed by atoms with Crippen LogP contribution in [0.15, 0.2) is 24.3 Å². The molecule has 0 spiro atoms. The van der Waals surface area contributed by atoms with E-state index in [0.29, 0.717) is 11.6 Å². The third kappa shape index (κ3) is 4.03. The van der Waals surface area contributed by atoms with Crippen LogP contribution in [0, 0.1) is 5.92 Å². The molecular weight excluding hydrogens is 275 g/mol. The Labute approximate surface area is 116 Å². The van der Waals surface area contributed by atoms with Crippen molar-refractivity contribution in [2.75, 3.05) is 11.9 Å². The van der Waals surface area contributed by atoms with E-state index in [1.54, 1.807) is 0 Å². The number of rotatable bonds is 3. The second-order valence-electron chi connectivity index (χ2n) is 5.02. The summed E-state index contributed by atoms with van der Waals surface area (Å²) >= 11 is 6.25. The summed E-state index contributed by atoms with van der Waals surface area (Å²) < 4.78 is 37.2. The van der Waals surface area contributed by atoms with Gasteiger partial charge in [-0.05, 0) is 43.0 Å². The fourth-order valence-electron chi connectivity index (χ4n) is 2.42. The van der Waals surface area contributed by atoms with Crippen molar-refractivity contribution in [3.8, 4) is 0 Å². The Hall–Kier alpha value is -0.900. The first-order valence-electron chi connectivity index (χ1n) is 6.52. The number of benzene rings is 1. The summed E-state index contributed by atoms with van der Waals surface area (Å²) in [6.07, 6.45) is 0.194. The van der Waals surface area contributed by atoms with Crippen molar-refractivity contribution < 1.29 is 13.2 Å². The topological polar surface area (TPSA) is 12.0 Å². The summed E-state index contributed by atoms with van der Waals surface area (Å²) in [5, 5.41) is 3.35. The normalized spacial score (nSPS) is 24.2. The maximum atomic E-state index is 12.4. The molecule has 0 aromatic heterocycles. The fourth-order valence-corrected chi connectivity index (χ4v) is 2.79. The Kier molecular flexibility index (Phi) is 4.61. The van der Waals surface area contributed by atoms with E-state index < -0.39 is 11.7 Å². The Balaban J connectivity index is 1.89. The SMILES string of the molecule is FC(F)(F)c1ccc(NCC2CCCCC2Cl)cc1. The summed E-state index contributed by atoms with van der Waals surface area (Å²) in [6, 6.07) is 5.13. The maximum Gasteiger partial charge on any atom is 0.416 e.